The van der Waals surface area contributed by atoms with Gasteiger partial charge in [-0.3, -0.25) is 14.5 Å². The molecule has 2 aliphatic rings. The molecular formula is C19H29N5O2. The first-order valence-electron chi connectivity index (χ1n) is 9.56. The van der Waals surface area contributed by atoms with E-state index in [9.17, 15) is 9.59 Å². The Morgan fingerprint density at radius 3 is 2.65 bits per heavy atom. The molecule has 1 aromatic heterocycles. The molecule has 0 unspecified atom stereocenters. The average molecular weight is 359 g/mol. The van der Waals surface area contributed by atoms with Gasteiger partial charge in [0, 0.05) is 45.3 Å². The molecule has 2 N–H and O–H groups in total. The third-order valence-corrected chi connectivity index (χ3v) is 5.35. The number of anilines is 1. The summed E-state index contributed by atoms with van der Waals surface area (Å²) in [5.74, 6) is 1.45. The van der Waals surface area contributed by atoms with E-state index in [0.29, 0.717) is 18.9 Å². The van der Waals surface area contributed by atoms with Crippen LogP contribution in [-0.2, 0) is 9.59 Å². The normalized spacial score (nSPS) is 21.6. The Kier molecular flexibility index (Phi) is 6.44. The molecule has 3 heterocycles. The van der Waals surface area contributed by atoms with Crippen LogP contribution in [0, 0.1) is 5.92 Å². The standard InChI is InChI=1S/C19H29N5O2/c20-17(25)15-22-9-3-4-16(14-22)6-7-19(26)24-12-10-23(11-13-24)18-5-1-2-8-21-18/h1-2,5,8,16H,3-4,6-7,9-15H2,(H2,20,25)/t16-/m0/s1. The molecular weight excluding hydrogens is 330 g/mol. The van der Waals surface area contributed by atoms with Gasteiger partial charge in [0.2, 0.25) is 11.8 Å². The molecule has 1 atom stereocenters. The molecule has 142 valence electrons. The predicted octanol–water partition coefficient (Wildman–Crippen LogP) is 0.708. The number of nitrogens with two attached hydrogens (primary N) is 1. The van der Waals surface area contributed by atoms with Gasteiger partial charge in [-0.2, -0.15) is 0 Å². The quantitative estimate of drug-likeness (QED) is 0.809. The summed E-state index contributed by atoms with van der Waals surface area (Å²) in [6, 6.07) is 5.92. The lowest BCUT2D eigenvalue weighted by Gasteiger charge is -2.36. The Balaban J connectivity index is 1.40. The maximum atomic E-state index is 12.5. The Morgan fingerprint density at radius 2 is 1.96 bits per heavy atom. The van der Waals surface area contributed by atoms with Crippen molar-refractivity contribution in [1.82, 2.24) is 14.8 Å². The van der Waals surface area contributed by atoms with E-state index in [2.05, 4.69) is 14.8 Å². The first-order valence-corrected chi connectivity index (χ1v) is 9.56. The van der Waals surface area contributed by atoms with Crippen molar-refractivity contribution in [2.75, 3.05) is 50.7 Å². The second kappa shape index (κ2) is 8.98. The highest BCUT2D eigenvalue weighted by molar-refractivity contribution is 5.76. The maximum absolute atomic E-state index is 12.5. The number of likely N-dealkylation sites (tertiary alicyclic amines) is 1. The van der Waals surface area contributed by atoms with E-state index in [0.717, 1.165) is 64.3 Å². The minimum absolute atomic E-state index is 0.248. The van der Waals surface area contributed by atoms with E-state index in [1.165, 1.54) is 0 Å². The second-order valence-electron chi connectivity index (χ2n) is 7.30. The first kappa shape index (κ1) is 18.6. The van der Waals surface area contributed by atoms with Gasteiger partial charge >= 0.3 is 0 Å². The maximum Gasteiger partial charge on any atom is 0.231 e. The zero-order valence-corrected chi connectivity index (χ0v) is 15.3. The highest BCUT2D eigenvalue weighted by Crippen LogP contribution is 2.21. The number of primary amides is 1. The Hall–Kier alpha value is -2.15. The molecule has 0 aliphatic carbocycles. The van der Waals surface area contributed by atoms with Crippen molar-refractivity contribution in [2.24, 2.45) is 11.7 Å². The Bertz CT molecular complexity index is 601. The van der Waals surface area contributed by atoms with Crippen molar-refractivity contribution < 1.29 is 9.59 Å². The highest BCUT2D eigenvalue weighted by Gasteiger charge is 2.25. The van der Waals surface area contributed by atoms with Gasteiger partial charge in [-0.25, -0.2) is 4.98 Å². The third-order valence-electron chi connectivity index (χ3n) is 5.35. The molecule has 0 spiro atoms. The van der Waals surface area contributed by atoms with Crippen LogP contribution in [0.1, 0.15) is 25.7 Å². The van der Waals surface area contributed by atoms with Crippen LogP contribution in [0.5, 0.6) is 0 Å². The average Bonchev–Trinajstić information content (AvgIpc) is 2.67. The van der Waals surface area contributed by atoms with Crippen LogP contribution >= 0.6 is 0 Å². The third kappa shape index (κ3) is 5.17. The number of piperazine rings is 1. The lowest BCUT2D eigenvalue weighted by molar-refractivity contribution is -0.132. The molecule has 0 bridgehead atoms. The number of piperidine rings is 1. The zero-order valence-electron chi connectivity index (χ0n) is 15.3. The van der Waals surface area contributed by atoms with E-state index in [1.807, 2.05) is 23.1 Å². The van der Waals surface area contributed by atoms with Crippen molar-refractivity contribution in [2.45, 2.75) is 25.7 Å². The number of pyridine rings is 1. The smallest absolute Gasteiger partial charge is 0.231 e. The molecule has 0 radical (unpaired) electrons. The van der Waals surface area contributed by atoms with Crippen LogP contribution in [0.25, 0.3) is 0 Å². The van der Waals surface area contributed by atoms with Crippen molar-refractivity contribution in [3.63, 3.8) is 0 Å². The summed E-state index contributed by atoms with van der Waals surface area (Å²) in [4.78, 5) is 34.3. The fourth-order valence-corrected chi connectivity index (χ4v) is 3.96. The molecule has 0 saturated carbocycles. The summed E-state index contributed by atoms with van der Waals surface area (Å²) in [5.41, 5.74) is 5.29. The minimum Gasteiger partial charge on any atom is -0.369 e. The van der Waals surface area contributed by atoms with Crippen LogP contribution in [0.2, 0.25) is 0 Å². The predicted molar refractivity (Wildman–Crippen MR) is 101 cm³/mol. The number of carbonyl (C=O) groups excluding carboxylic acids is 2. The first-order chi connectivity index (χ1) is 12.6. The molecule has 2 amide bonds. The van der Waals surface area contributed by atoms with E-state index in [4.69, 9.17) is 5.73 Å². The van der Waals surface area contributed by atoms with Gasteiger partial charge in [-0.1, -0.05) is 6.07 Å². The van der Waals surface area contributed by atoms with E-state index >= 15 is 0 Å². The number of hydrogen-bond acceptors (Lipinski definition) is 5. The van der Waals surface area contributed by atoms with Crippen molar-refractivity contribution in [3.8, 4) is 0 Å². The Morgan fingerprint density at radius 1 is 1.15 bits per heavy atom. The highest BCUT2D eigenvalue weighted by atomic mass is 16.2. The molecule has 0 aromatic carbocycles. The number of amides is 2. The van der Waals surface area contributed by atoms with Gasteiger partial charge in [0.1, 0.15) is 5.82 Å². The number of nitrogens with zero attached hydrogens (tertiary/aromatic N) is 4. The SMILES string of the molecule is NC(=O)CN1CCC[C@@H](CCC(=O)N2CCN(c3ccccn3)CC2)C1. The summed E-state index contributed by atoms with van der Waals surface area (Å²) in [6.45, 7) is 5.32. The summed E-state index contributed by atoms with van der Waals surface area (Å²) >= 11 is 0. The Labute approximate surface area is 155 Å². The van der Waals surface area contributed by atoms with Gasteiger partial charge in [-0.15, -0.1) is 0 Å². The van der Waals surface area contributed by atoms with Gasteiger partial charge in [0.05, 0.1) is 6.54 Å². The molecule has 7 nitrogen and oxygen atoms in total. The van der Waals surface area contributed by atoms with Crippen LogP contribution in [-0.4, -0.2) is 72.4 Å². The zero-order chi connectivity index (χ0) is 18.4. The van der Waals surface area contributed by atoms with Gasteiger partial charge < -0.3 is 15.5 Å². The summed E-state index contributed by atoms with van der Waals surface area (Å²) in [6.07, 6.45) is 5.51. The number of rotatable bonds is 6. The van der Waals surface area contributed by atoms with Gasteiger partial charge in [0.15, 0.2) is 0 Å². The lowest BCUT2D eigenvalue weighted by Crippen LogP contribution is -2.49. The molecule has 3 rings (SSSR count). The second-order valence-corrected chi connectivity index (χ2v) is 7.30. The van der Waals surface area contributed by atoms with Crippen LogP contribution in [0.4, 0.5) is 5.82 Å². The van der Waals surface area contributed by atoms with Crippen molar-refractivity contribution in [3.05, 3.63) is 24.4 Å². The van der Waals surface area contributed by atoms with Gasteiger partial charge in [-0.05, 0) is 43.9 Å². The fourth-order valence-electron chi connectivity index (χ4n) is 3.96. The molecule has 2 saturated heterocycles. The molecule has 7 heteroatoms. The summed E-state index contributed by atoms with van der Waals surface area (Å²) < 4.78 is 0. The number of hydrogen-bond donors (Lipinski definition) is 1. The topological polar surface area (TPSA) is 82.8 Å². The van der Waals surface area contributed by atoms with E-state index in [1.54, 1.807) is 6.20 Å². The van der Waals surface area contributed by atoms with Crippen molar-refractivity contribution >= 4 is 17.6 Å². The van der Waals surface area contributed by atoms with Crippen molar-refractivity contribution in [1.29, 1.82) is 0 Å². The lowest BCUT2D eigenvalue weighted by atomic mass is 9.93. The van der Waals surface area contributed by atoms with E-state index < -0.39 is 0 Å². The van der Waals surface area contributed by atoms with Crippen LogP contribution in [0.3, 0.4) is 0 Å². The minimum atomic E-state index is -0.271. The monoisotopic (exact) mass is 359 g/mol. The molecule has 2 aliphatic heterocycles. The molecule has 1 aromatic rings. The number of carbonyl (C=O) groups is 2. The van der Waals surface area contributed by atoms with Crippen LogP contribution in [0.15, 0.2) is 24.4 Å². The summed E-state index contributed by atoms with van der Waals surface area (Å²) in [5, 5.41) is 0. The van der Waals surface area contributed by atoms with Gasteiger partial charge in [0.25, 0.3) is 0 Å². The molecule has 26 heavy (non-hydrogen) atoms. The largest absolute Gasteiger partial charge is 0.369 e. The van der Waals surface area contributed by atoms with Crippen LogP contribution < -0.4 is 10.6 Å². The van der Waals surface area contributed by atoms with E-state index in [-0.39, 0.29) is 11.8 Å². The fraction of sp³-hybridized carbons (Fsp3) is 0.632. The number of aromatic nitrogens is 1. The summed E-state index contributed by atoms with van der Waals surface area (Å²) in [7, 11) is 0. The molecule has 2 fully saturated rings.